The molecule has 2 aliphatic rings. The summed E-state index contributed by atoms with van der Waals surface area (Å²) in [6.07, 6.45) is 3.44. The molecule has 0 radical (unpaired) electrons. The highest BCUT2D eigenvalue weighted by molar-refractivity contribution is 5.83. The number of rotatable bonds is 7. The lowest BCUT2D eigenvalue weighted by Gasteiger charge is -2.28. The minimum atomic E-state index is 0.105. The van der Waals surface area contributed by atoms with E-state index in [-0.39, 0.29) is 17.9 Å². The largest absolute Gasteiger partial charge is 0.497 e. The maximum atomic E-state index is 12.7. The molecular weight excluding hydrogens is 336 g/mol. The van der Waals surface area contributed by atoms with Gasteiger partial charge in [-0.2, -0.15) is 0 Å². The average Bonchev–Trinajstić information content (AvgIpc) is 3.35. The predicted molar refractivity (Wildman–Crippen MR) is 107 cm³/mol. The third-order valence-corrected chi connectivity index (χ3v) is 5.91. The Labute approximate surface area is 161 Å². The van der Waals surface area contributed by atoms with Crippen LogP contribution in [0.3, 0.4) is 0 Å². The Morgan fingerprint density at radius 2 is 1.81 bits per heavy atom. The molecule has 0 spiro atoms. The minimum absolute atomic E-state index is 0.105. The minimum Gasteiger partial charge on any atom is -0.497 e. The van der Waals surface area contributed by atoms with Crippen molar-refractivity contribution in [2.75, 3.05) is 26.7 Å². The van der Waals surface area contributed by atoms with Crippen LogP contribution in [0.5, 0.6) is 5.75 Å². The van der Waals surface area contributed by atoms with Gasteiger partial charge in [-0.05, 0) is 61.5 Å². The Kier molecular flexibility index (Phi) is 5.44. The normalized spacial score (nSPS) is 23.0. The van der Waals surface area contributed by atoms with Gasteiger partial charge in [-0.1, -0.05) is 42.5 Å². The zero-order chi connectivity index (χ0) is 18.6. The van der Waals surface area contributed by atoms with E-state index in [4.69, 9.17) is 4.74 Å². The van der Waals surface area contributed by atoms with E-state index in [0.29, 0.717) is 12.5 Å². The molecule has 0 bridgehead atoms. The molecule has 4 rings (SSSR count). The molecule has 3 atom stereocenters. The number of carbonyl (C=O) groups is 1. The predicted octanol–water partition coefficient (Wildman–Crippen LogP) is 3.75. The maximum Gasteiger partial charge on any atom is 0.223 e. The molecule has 142 valence electrons. The van der Waals surface area contributed by atoms with E-state index in [9.17, 15) is 4.79 Å². The Morgan fingerprint density at radius 3 is 2.48 bits per heavy atom. The number of nitrogens with one attached hydrogen (secondary N) is 1. The molecule has 2 aromatic carbocycles. The lowest BCUT2D eigenvalue weighted by molar-refractivity contribution is -0.122. The Balaban J connectivity index is 1.36. The number of nitrogens with zero attached hydrogens (tertiary/aromatic N) is 1. The second-order valence-corrected chi connectivity index (χ2v) is 7.64. The summed E-state index contributed by atoms with van der Waals surface area (Å²) in [4.78, 5) is 15.2. The van der Waals surface area contributed by atoms with Gasteiger partial charge in [0.15, 0.2) is 0 Å². The molecule has 1 aliphatic carbocycles. The van der Waals surface area contributed by atoms with E-state index in [1.807, 2.05) is 18.2 Å². The SMILES string of the molecule is COc1ccc(C2CC2C(=O)NCC(c2ccccc2)N2CCCC2)cc1. The van der Waals surface area contributed by atoms with Crippen LogP contribution in [-0.2, 0) is 4.79 Å². The fourth-order valence-electron chi connectivity index (χ4n) is 4.22. The Bertz CT molecular complexity index is 754. The summed E-state index contributed by atoms with van der Waals surface area (Å²) in [5, 5.41) is 3.24. The summed E-state index contributed by atoms with van der Waals surface area (Å²) in [7, 11) is 1.67. The van der Waals surface area contributed by atoms with E-state index in [2.05, 4.69) is 46.6 Å². The summed E-state index contributed by atoms with van der Waals surface area (Å²) in [5.74, 6) is 1.50. The van der Waals surface area contributed by atoms with E-state index in [1.54, 1.807) is 7.11 Å². The Morgan fingerprint density at radius 1 is 1.11 bits per heavy atom. The lowest BCUT2D eigenvalue weighted by atomic mass is 10.1. The number of hydrogen-bond donors (Lipinski definition) is 1. The highest BCUT2D eigenvalue weighted by Gasteiger charge is 2.44. The van der Waals surface area contributed by atoms with Crippen LogP contribution in [-0.4, -0.2) is 37.6 Å². The number of methoxy groups -OCH3 is 1. The second-order valence-electron chi connectivity index (χ2n) is 7.64. The molecule has 0 aromatic heterocycles. The number of carbonyl (C=O) groups excluding carboxylic acids is 1. The van der Waals surface area contributed by atoms with Crippen molar-refractivity contribution in [2.24, 2.45) is 5.92 Å². The van der Waals surface area contributed by atoms with E-state index in [1.165, 1.54) is 24.0 Å². The van der Waals surface area contributed by atoms with Gasteiger partial charge in [0.05, 0.1) is 13.2 Å². The second kappa shape index (κ2) is 8.13. The van der Waals surface area contributed by atoms with Gasteiger partial charge in [-0.15, -0.1) is 0 Å². The van der Waals surface area contributed by atoms with Crippen LogP contribution in [0.4, 0.5) is 0 Å². The van der Waals surface area contributed by atoms with Crippen molar-refractivity contribution >= 4 is 5.91 Å². The molecule has 2 aromatic rings. The van der Waals surface area contributed by atoms with E-state index in [0.717, 1.165) is 25.3 Å². The van der Waals surface area contributed by atoms with Crippen molar-refractivity contribution < 1.29 is 9.53 Å². The molecule has 1 saturated heterocycles. The van der Waals surface area contributed by atoms with Crippen molar-refractivity contribution in [3.8, 4) is 5.75 Å². The summed E-state index contributed by atoms with van der Waals surface area (Å²) >= 11 is 0. The quantitative estimate of drug-likeness (QED) is 0.813. The van der Waals surface area contributed by atoms with E-state index < -0.39 is 0 Å². The molecule has 1 saturated carbocycles. The standard InChI is InChI=1S/C23H28N2O2/c1-27-19-11-9-17(10-12-19)20-15-21(20)23(26)24-16-22(25-13-5-6-14-25)18-7-3-2-4-8-18/h2-4,7-12,20-22H,5-6,13-16H2,1H3,(H,24,26). The van der Waals surface area contributed by atoms with Crippen molar-refractivity contribution in [1.29, 1.82) is 0 Å². The maximum absolute atomic E-state index is 12.7. The topological polar surface area (TPSA) is 41.6 Å². The molecule has 4 nitrogen and oxygen atoms in total. The monoisotopic (exact) mass is 364 g/mol. The summed E-state index contributed by atoms with van der Waals surface area (Å²) in [6.45, 7) is 2.93. The number of hydrogen-bond acceptors (Lipinski definition) is 3. The van der Waals surface area contributed by atoms with Crippen molar-refractivity contribution in [3.63, 3.8) is 0 Å². The zero-order valence-corrected chi connectivity index (χ0v) is 15.9. The Hall–Kier alpha value is -2.33. The zero-order valence-electron chi connectivity index (χ0n) is 15.9. The van der Waals surface area contributed by atoms with Gasteiger partial charge in [0.25, 0.3) is 0 Å². The third kappa shape index (κ3) is 4.16. The van der Waals surface area contributed by atoms with Crippen molar-refractivity contribution in [3.05, 3.63) is 65.7 Å². The number of likely N-dealkylation sites (tertiary alicyclic amines) is 1. The first-order chi connectivity index (χ1) is 13.3. The van der Waals surface area contributed by atoms with Crippen LogP contribution in [0.15, 0.2) is 54.6 Å². The van der Waals surface area contributed by atoms with Gasteiger partial charge in [-0.25, -0.2) is 0 Å². The molecule has 3 unspecified atom stereocenters. The fraction of sp³-hybridized carbons (Fsp3) is 0.435. The van der Waals surface area contributed by atoms with Crippen LogP contribution in [0.1, 0.15) is 42.3 Å². The summed E-state index contributed by atoms with van der Waals surface area (Å²) in [6, 6.07) is 18.9. The summed E-state index contributed by atoms with van der Waals surface area (Å²) < 4.78 is 5.22. The van der Waals surface area contributed by atoms with Crippen LogP contribution in [0.25, 0.3) is 0 Å². The molecule has 2 fully saturated rings. The van der Waals surface area contributed by atoms with Gasteiger partial charge >= 0.3 is 0 Å². The highest BCUT2D eigenvalue weighted by Crippen LogP contribution is 2.47. The fourth-order valence-corrected chi connectivity index (χ4v) is 4.22. The molecule has 1 heterocycles. The van der Waals surface area contributed by atoms with Crippen LogP contribution < -0.4 is 10.1 Å². The van der Waals surface area contributed by atoms with Gasteiger partial charge in [0, 0.05) is 12.5 Å². The first-order valence-electron chi connectivity index (χ1n) is 9.97. The first-order valence-corrected chi connectivity index (χ1v) is 9.97. The molecule has 1 amide bonds. The van der Waals surface area contributed by atoms with E-state index >= 15 is 0 Å². The molecule has 1 N–H and O–H groups in total. The molecular formula is C23H28N2O2. The van der Waals surface area contributed by atoms with Crippen LogP contribution in [0, 0.1) is 5.92 Å². The molecule has 27 heavy (non-hydrogen) atoms. The summed E-state index contributed by atoms with van der Waals surface area (Å²) in [5.41, 5.74) is 2.53. The average molecular weight is 364 g/mol. The van der Waals surface area contributed by atoms with Crippen LogP contribution >= 0.6 is 0 Å². The van der Waals surface area contributed by atoms with Crippen molar-refractivity contribution in [1.82, 2.24) is 10.2 Å². The lowest BCUT2D eigenvalue weighted by Crippen LogP contribution is -2.37. The van der Waals surface area contributed by atoms with Gasteiger partial charge < -0.3 is 10.1 Å². The molecule has 1 aliphatic heterocycles. The van der Waals surface area contributed by atoms with Gasteiger partial charge in [0.1, 0.15) is 5.75 Å². The van der Waals surface area contributed by atoms with Gasteiger partial charge in [-0.3, -0.25) is 9.69 Å². The smallest absolute Gasteiger partial charge is 0.223 e. The van der Waals surface area contributed by atoms with Gasteiger partial charge in [0.2, 0.25) is 5.91 Å². The number of ether oxygens (including phenoxy) is 1. The first kappa shape index (κ1) is 18.1. The highest BCUT2D eigenvalue weighted by atomic mass is 16.5. The number of amides is 1. The van der Waals surface area contributed by atoms with Crippen LogP contribution in [0.2, 0.25) is 0 Å². The molecule has 4 heteroatoms. The number of benzene rings is 2. The van der Waals surface area contributed by atoms with Crippen molar-refractivity contribution in [2.45, 2.75) is 31.2 Å². The third-order valence-electron chi connectivity index (χ3n) is 5.91.